The van der Waals surface area contributed by atoms with Crippen LogP contribution < -0.4 is 5.32 Å². The maximum atomic E-state index is 4.38. The highest BCUT2D eigenvalue weighted by Gasteiger charge is 2.17. The van der Waals surface area contributed by atoms with Crippen LogP contribution >= 0.6 is 0 Å². The van der Waals surface area contributed by atoms with Crippen molar-refractivity contribution < 1.29 is 0 Å². The topological polar surface area (TPSA) is 37.8 Å². The molecule has 1 aromatic heterocycles. The molecule has 92 valence electrons. The van der Waals surface area contributed by atoms with Gasteiger partial charge in [0, 0.05) is 12.4 Å². The first-order valence-electron chi connectivity index (χ1n) is 6.45. The van der Waals surface area contributed by atoms with Gasteiger partial charge in [-0.05, 0) is 44.0 Å². The SMILES string of the molecule is CNC(C1=CCCC1)c1ccc2nccnc2c1. The fraction of sp³-hybridized carbons (Fsp3) is 0.333. The monoisotopic (exact) mass is 239 g/mol. The molecule has 0 saturated carbocycles. The number of rotatable bonds is 3. The molecule has 1 unspecified atom stereocenters. The summed E-state index contributed by atoms with van der Waals surface area (Å²) in [5.41, 5.74) is 4.70. The van der Waals surface area contributed by atoms with Crippen LogP contribution in [-0.4, -0.2) is 17.0 Å². The largest absolute Gasteiger partial charge is 0.310 e. The Morgan fingerprint density at radius 2 is 2.00 bits per heavy atom. The van der Waals surface area contributed by atoms with Gasteiger partial charge < -0.3 is 5.32 Å². The van der Waals surface area contributed by atoms with Crippen LogP contribution in [0, 0.1) is 0 Å². The second kappa shape index (κ2) is 4.86. The first-order valence-corrected chi connectivity index (χ1v) is 6.45. The smallest absolute Gasteiger partial charge is 0.0890 e. The van der Waals surface area contributed by atoms with E-state index in [9.17, 15) is 0 Å². The lowest BCUT2D eigenvalue weighted by molar-refractivity contribution is 0.656. The van der Waals surface area contributed by atoms with Gasteiger partial charge in [0.15, 0.2) is 0 Å². The minimum atomic E-state index is 0.318. The van der Waals surface area contributed by atoms with Gasteiger partial charge in [-0.1, -0.05) is 17.7 Å². The highest BCUT2D eigenvalue weighted by molar-refractivity contribution is 5.74. The van der Waals surface area contributed by atoms with Gasteiger partial charge in [0.05, 0.1) is 17.1 Å². The molecular formula is C15H17N3. The highest BCUT2D eigenvalue weighted by atomic mass is 14.9. The van der Waals surface area contributed by atoms with Crippen LogP contribution in [-0.2, 0) is 0 Å². The number of nitrogens with zero attached hydrogens (tertiary/aromatic N) is 2. The van der Waals surface area contributed by atoms with Crippen molar-refractivity contribution in [2.24, 2.45) is 0 Å². The molecule has 1 aliphatic carbocycles. The van der Waals surface area contributed by atoms with Gasteiger partial charge >= 0.3 is 0 Å². The summed E-state index contributed by atoms with van der Waals surface area (Å²) in [4.78, 5) is 8.68. The quantitative estimate of drug-likeness (QED) is 0.837. The Bertz CT molecular complexity index is 589. The Morgan fingerprint density at radius 3 is 2.72 bits per heavy atom. The normalized spacial score (nSPS) is 16.8. The predicted molar refractivity (Wildman–Crippen MR) is 73.3 cm³/mol. The number of fused-ring (bicyclic) bond motifs is 1. The molecule has 1 atom stereocenters. The third kappa shape index (κ3) is 2.02. The van der Waals surface area contributed by atoms with E-state index < -0.39 is 0 Å². The second-order valence-corrected chi connectivity index (χ2v) is 4.70. The molecule has 1 aliphatic rings. The average Bonchev–Trinajstić information content (AvgIpc) is 2.93. The average molecular weight is 239 g/mol. The minimum Gasteiger partial charge on any atom is -0.310 e. The molecule has 0 radical (unpaired) electrons. The van der Waals surface area contributed by atoms with E-state index in [1.54, 1.807) is 12.4 Å². The summed E-state index contributed by atoms with van der Waals surface area (Å²) in [5, 5.41) is 3.41. The van der Waals surface area contributed by atoms with E-state index in [-0.39, 0.29) is 0 Å². The zero-order chi connectivity index (χ0) is 12.4. The van der Waals surface area contributed by atoms with Crippen molar-refractivity contribution in [2.45, 2.75) is 25.3 Å². The van der Waals surface area contributed by atoms with Crippen molar-refractivity contribution in [3.63, 3.8) is 0 Å². The van der Waals surface area contributed by atoms with Crippen LogP contribution in [0.3, 0.4) is 0 Å². The molecule has 2 aromatic rings. The van der Waals surface area contributed by atoms with E-state index in [1.807, 2.05) is 7.05 Å². The first kappa shape index (κ1) is 11.4. The number of hydrogen-bond donors (Lipinski definition) is 1. The lowest BCUT2D eigenvalue weighted by Crippen LogP contribution is -2.18. The molecule has 1 aromatic carbocycles. The number of nitrogens with one attached hydrogen (secondary N) is 1. The zero-order valence-electron chi connectivity index (χ0n) is 10.6. The summed E-state index contributed by atoms with van der Waals surface area (Å²) in [5.74, 6) is 0. The van der Waals surface area contributed by atoms with E-state index in [1.165, 1.54) is 30.4 Å². The van der Waals surface area contributed by atoms with Gasteiger partial charge in [0.2, 0.25) is 0 Å². The highest BCUT2D eigenvalue weighted by Crippen LogP contribution is 2.31. The zero-order valence-corrected chi connectivity index (χ0v) is 10.6. The van der Waals surface area contributed by atoms with Crippen LogP contribution in [0.15, 0.2) is 42.2 Å². The lowest BCUT2D eigenvalue weighted by Gasteiger charge is -2.18. The van der Waals surface area contributed by atoms with Crippen molar-refractivity contribution in [3.05, 3.63) is 47.8 Å². The maximum absolute atomic E-state index is 4.38. The fourth-order valence-electron chi connectivity index (χ4n) is 2.68. The van der Waals surface area contributed by atoms with E-state index in [0.29, 0.717) is 6.04 Å². The fourth-order valence-corrected chi connectivity index (χ4v) is 2.68. The summed E-state index contributed by atoms with van der Waals surface area (Å²) in [7, 11) is 2.02. The van der Waals surface area contributed by atoms with Crippen LogP contribution in [0.5, 0.6) is 0 Å². The summed E-state index contributed by atoms with van der Waals surface area (Å²) in [6.07, 6.45) is 9.53. The summed E-state index contributed by atoms with van der Waals surface area (Å²) in [6, 6.07) is 6.66. The van der Waals surface area contributed by atoms with Gasteiger partial charge in [-0.3, -0.25) is 9.97 Å². The molecule has 0 bridgehead atoms. The molecule has 0 spiro atoms. The molecule has 3 heteroatoms. The molecule has 0 saturated heterocycles. The third-order valence-electron chi connectivity index (χ3n) is 3.56. The van der Waals surface area contributed by atoms with E-state index in [2.05, 4.69) is 39.6 Å². The minimum absolute atomic E-state index is 0.318. The third-order valence-corrected chi connectivity index (χ3v) is 3.56. The second-order valence-electron chi connectivity index (χ2n) is 4.70. The summed E-state index contributed by atoms with van der Waals surface area (Å²) < 4.78 is 0. The van der Waals surface area contributed by atoms with E-state index in [4.69, 9.17) is 0 Å². The van der Waals surface area contributed by atoms with Crippen molar-refractivity contribution in [1.82, 2.24) is 15.3 Å². The van der Waals surface area contributed by atoms with E-state index >= 15 is 0 Å². The van der Waals surface area contributed by atoms with Crippen molar-refractivity contribution in [3.8, 4) is 0 Å². The Hall–Kier alpha value is -1.74. The van der Waals surface area contributed by atoms with Crippen LogP contribution in [0.25, 0.3) is 11.0 Å². The summed E-state index contributed by atoms with van der Waals surface area (Å²) in [6.45, 7) is 0. The van der Waals surface area contributed by atoms with Gasteiger partial charge in [-0.15, -0.1) is 0 Å². The first-order chi connectivity index (χ1) is 8.88. The number of likely N-dealkylation sites (N-methyl/N-ethyl adjacent to an activating group) is 1. The molecule has 1 heterocycles. The molecular weight excluding hydrogens is 222 g/mol. The summed E-state index contributed by atoms with van der Waals surface area (Å²) >= 11 is 0. The predicted octanol–water partition coefficient (Wildman–Crippen LogP) is 3.00. The van der Waals surface area contributed by atoms with Gasteiger partial charge in [-0.2, -0.15) is 0 Å². The maximum Gasteiger partial charge on any atom is 0.0890 e. The molecule has 1 N–H and O–H groups in total. The molecule has 3 rings (SSSR count). The van der Waals surface area contributed by atoms with Gasteiger partial charge in [0.1, 0.15) is 0 Å². The molecule has 18 heavy (non-hydrogen) atoms. The molecule has 0 aliphatic heterocycles. The molecule has 0 amide bonds. The Morgan fingerprint density at radius 1 is 1.17 bits per heavy atom. The van der Waals surface area contributed by atoms with Crippen LogP contribution in [0.2, 0.25) is 0 Å². The molecule has 0 fully saturated rings. The van der Waals surface area contributed by atoms with Crippen molar-refractivity contribution in [2.75, 3.05) is 7.05 Å². The van der Waals surface area contributed by atoms with Crippen LogP contribution in [0.1, 0.15) is 30.9 Å². The van der Waals surface area contributed by atoms with Crippen LogP contribution in [0.4, 0.5) is 0 Å². The van der Waals surface area contributed by atoms with Crippen molar-refractivity contribution in [1.29, 1.82) is 0 Å². The lowest BCUT2D eigenvalue weighted by atomic mass is 9.98. The number of benzene rings is 1. The Balaban J connectivity index is 2.01. The van der Waals surface area contributed by atoms with Gasteiger partial charge in [-0.25, -0.2) is 0 Å². The van der Waals surface area contributed by atoms with E-state index in [0.717, 1.165) is 11.0 Å². The Labute approximate surface area is 107 Å². The standard InChI is InChI=1S/C15H17N3/c1-16-15(11-4-2-3-5-11)12-6-7-13-14(10-12)18-9-8-17-13/h4,6-10,15-16H,2-3,5H2,1H3. The Kier molecular flexibility index (Phi) is 3.07. The number of allylic oxidation sites excluding steroid dienone is 1. The number of aromatic nitrogens is 2. The van der Waals surface area contributed by atoms with Gasteiger partial charge in [0.25, 0.3) is 0 Å². The van der Waals surface area contributed by atoms with Crippen molar-refractivity contribution >= 4 is 11.0 Å². The molecule has 3 nitrogen and oxygen atoms in total. The number of hydrogen-bond acceptors (Lipinski definition) is 3.